The van der Waals surface area contributed by atoms with Crippen LogP contribution in [0.15, 0.2) is 0 Å². The van der Waals surface area contributed by atoms with Gasteiger partial charge in [-0.15, -0.1) is 0 Å². The minimum atomic E-state index is -0.435. The smallest absolute Gasteiger partial charge is 0.240 e. The fourth-order valence-corrected chi connectivity index (χ4v) is 2.70. The fourth-order valence-electron chi connectivity index (χ4n) is 2.70. The van der Waals surface area contributed by atoms with Crippen LogP contribution in [-0.4, -0.2) is 41.2 Å². The highest BCUT2D eigenvalue weighted by Crippen LogP contribution is 2.20. The molecule has 3 N–H and O–H groups in total. The summed E-state index contributed by atoms with van der Waals surface area (Å²) in [5, 5.41) is 2.83. The zero-order valence-corrected chi connectivity index (χ0v) is 10.4. The topological polar surface area (TPSA) is 92.5 Å². The molecule has 3 amide bonds. The number of nitrogens with zero attached hydrogens (tertiary/aromatic N) is 1. The number of hydrogen-bond donors (Lipinski definition) is 2. The maximum Gasteiger partial charge on any atom is 0.240 e. The molecule has 0 aliphatic carbocycles. The largest absolute Gasteiger partial charge is 0.368 e. The molecule has 2 aliphatic rings. The summed E-state index contributed by atoms with van der Waals surface area (Å²) < 4.78 is 0. The highest BCUT2D eigenvalue weighted by atomic mass is 16.2. The van der Waals surface area contributed by atoms with Gasteiger partial charge in [0, 0.05) is 25.4 Å². The van der Waals surface area contributed by atoms with E-state index in [0.29, 0.717) is 32.2 Å². The van der Waals surface area contributed by atoms with Gasteiger partial charge in [-0.1, -0.05) is 0 Å². The van der Waals surface area contributed by atoms with Crippen LogP contribution in [0.1, 0.15) is 38.5 Å². The average Bonchev–Trinajstić information content (AvgIpc) is 2.94. The molecule has 6 heteroatoms. The number of nitrogens with one attached hydrogen (secondary N) is 1. The number of primary amides is 1. The molecule has 0 aromatic heterocycles. The molecule has 100 valence electrons. The maximum atomic E-state index is 12.0. The second-order valence-corrected chi connectivity index (χ2v) is 4.99. The first-order chi connectivity index (χ1) is 8.58. The second-order valence-electron chi connectivity index (χ2n) is 4.99. The normalized spacial score (nSPS) is 27.3. The highest BCUT2D eigenvalue weighted by molar-refractivity contribution is 5.87. The average molecular weight is 253 g/mol. The highest BCUT2D eigenvalue weighted by Gasteiger charge is 2.32. The van der Waals surface area contributed by atoms with Crippen LogP contribution in [0.4, 0.5) is 0 Å². The molecule has 6 nitrogen and oxygen atoms in total. The number of carbonyl (C=O) groups excluding carboxylic acids is 3. The van der Waals surface area contributed by atoms with Gasteiger partial charge in [0.15, 0.2) is 0 Å². The Hall–Kier alpha value is -1.59. The van der Waals surface area contributed by atoms with Crippen molar-refractivity contribution in [3.63, 3.8) is 0 Å². The first kappa shape index (κ1) is 12.9. The molecule has 2 heterocycles. The monoisotopic (exact) mass is 253 g/mol. The van der Waals surface area contributed by atoms with Crippen LogP contribution in [0.5, 0.6) is 0 Å². The molecule has 1 unspecified atom stereocenters. The molecule has 2 atom stereocenters. The molecule has 2 aliphatic heterocycles. The van der Waals surface area contributed by atoms with Gasteiger partial charge in [-0.2, -0.15) is 0 Å². The summed E-state index contributed by atoms with van der Waals surface area (Å²) >= 11 is 0. The lowest BCUT2D eigenvalue weighted by Gasteiger charge is -2.22. The van der Waals surface area contributed by atoms with Gasteiger partial charge >= 0.3 is 0 Å². The molecule has 2 fully saturated rings. The van der Waals surface area contributed by atoms with Crippen molar-refractivity contribution >= 4 is 17.7 Å². The van der Waals surface area contributed by atoms with E-state index in [1.165, 1.54) is 0 Å². The van der Waals surface area contributed by atoms with Crippen molar-refractivity contribution in [2.75, 3.05) is 6.54 Å². The minimum absolute atomic E-state index is 0.0301. The van der Waals surface area contributed by atoms with Crippen LogP contribution in [0.2, 0.25) is 0 Å². The summed E-state index contributed by atoms with van der Waals surface area (Å²) in [6, 6.07) is -0.327. The van der Waals surface area contributed by atoms with Gasteiger partial charge in [0.05, 0.1) is 0 Å². The van der Waals surface area contributed by atoms with E-state index in [1.54, 1.807) is 4.90 Å². The lowest BCUT2D eigenvalue weighted by atomic mass is 10.1. The van der Waals surface area contributed by atoms with Gasteiger partial charge < -0.3 is 16.0 Å². The van der Waals surface area contributed by atoms with Gasteiger partial charge in [-0.3, -0.25) is 14.4 Å². The molecule has 0 aromatic carbocycles. The van der Waals surface area contributed by atoms with Crippen molar-refractivity contribution in [1.82, 2.24) is 10.2 Å². The Kier molecular flexibility index (Phi) is 3.84. The molecule has 0 saturated carbocycles. The first-order valence-corrected chi connectivity index (χ1v) is 6.46. The van der Waals surface area contributed by atoms with Crippen LogP contribution in [0.25, 0.3) is 0 Å². The van der Waals surface area contributed by atoms with Crippen molar-refractivity contribution in [3.05, 3.63) is 0 Å². The Morgan fingerprint density at radius 1 is 1.39 bits per heavy atom. The summed E-state index contributed by atoms with van der Waals surface area (Å²) in [5.41, 5.74) is 5.27. The summed E-state index contributed by atoms with van der Waals surface area (Å²) in [4.78, 5) is 35.8. The summed E-state index contributed by atoms with van der Waals surface area (Å²) in [6.45, 7) is 0.615. The first-order valence-electron chi connectivity index (χ1n) is 6.46. The second kappa shape index (κ2) is 5.37. The number of likely N-dealkylation sites (tertiary alicyclic amines) is 1. The van der Waals surface area contributed by atoms with E-state index in [2.05, 4.69) is 5.32 Å². The van der Waals surface area contributed by atoms with Crippen molar-refractivity contribution < 1.29 is 14.4 Å². The minimum Gasteiger partial charge on any atom is -0.368 e. The lowest BCUT2D eigenvalue weighted by molar-refractivity contribution is -0.137. The van der Waals surface area contributed by atoms with Crippen LogP contribution in [0, 0.1) is 0 Å². The standard InChI is InChI=1S/C12H19N3O3/c13-12(18)9-2-1-7-15(9)11(17)6-4-8-3-5-10(16)14-8/h8-9H,1-7H2,(H2,13,18)(H,14,16)/t8?,9-/m0/s1. The zero-order valence-electron chi connectivity index (χ0n) is 10.4. The molecule has 2 rings (SSSR count). The van der Waals surface area contributed by atoms with Crippen molar-refractivity contribution in [1.29, 1.82) is 0 Å². The number of nitrogens with two attached hydrogens (primary N) is 1. The molecular weight excluding hydrogens is 234 g/mol. The quantitative estimate of drug-likeness (QED) is 0.709. The third kappa shape index (κ3) is 2.80. The van der Waals surface area contributed by atoms with Crippen LogP contribution >= 0.6 is 0 Å². The predicted molar refractivity (Wildman–Crippen MR) is 64.3 cm³/mol. The third-order valence-electron chi connectivity index (χ3n) is 3.69. The molecular formula is C12H19N3O3. The van der Waals surface area contributed by atoms with E-state index in [-0.39, 0.29) is 17.9 Å². The third-order valence-corrected chi connectivity index (χ3v) is 3.69. The van der Waals surface area contributed by atoms with E-state index in [4.69, 9.17) is 5.73 Å². The number of rotatable bonds is 4. The Balaban J connectivity index is 1.80. The van der Waals surface area contributed by atoms with Crippen LogP contribution in [-0.2, 0) is 14.4 Å². The predicted octanol–water partition coefficient (Wildman–Crippen LogP) is -0.479. The van der Waals surface area contributed by atoms with E-state index >= 15 is 0 Å². The molecule has 0 bridgehead atoms. The van der Waals surface area contributed by atoms with Crippen LogP contribution < -0.4 is 11.1 Å². The van der Waals surface area contributed by atoms with Crippen LogP contribution in [0.3, 0.4) is 0 Å². The summed E-state index contributed by atoms with van der Waals surface area (Å²) in [5.74, 6) is -0.392. The molecule has 0 aromatic rings. The summed E-state index contributed by atoms with van der Waals surface area (Å²) in [6.07, 6.45) is 3.86. The maximum absolute atomic E-state index is 12.0. The van der Waals surface area contributed by atoms with Gasteiger partial charge in [-0.05, 0) is 25.7 Å². The SMILES string of the molecule is NC(=O)[C@@H]1CCCN1C(=O)CCC1CCC(=O)N1. The van der Waals surface area contributed by atoms with Gasteiger partial charge in [0.2, 0.25) is 17.7 Å². The summed E-state index contributed by atoms with van der Waals surface area (Å²) in [7, 11) is 0. The Morgan fingerprint density at radius 2 is 2.17 bits per heavy atom. The Labute approximate surface area is 106 Å². The number of amides is 3. The van der Waals surface area contributed by atoms with Gasteiger partial charge in [0.25, 0.3) is 0 Å². The van der Waals surface area contributed by atoms with Gasteiger partial charge in [0.1, 0.15) is 6.04 Å². The van der Waals surface area contributed by atoms with Crippen molar-refractivity contribution in [2.24, 2.45) is 5.73 Å². The van der Waals surface area contributed by atoms with Crippen molar-refractivity contribution in [2.45, 2.75) is 50.6 Å². The van der Waals surface area contributed by atoms with Crippen molar-refractivity contribution in [3.8, 4) is 0 Å². The number of hydrogen-bond acceptors (Lipinski definition) is 3. The van der Waals surface area contributed by atoms with E-state index in [9.17, 15) is 14.4 Å². The fraction of sp³-hybridized carbons (Fsp3) is 0.750. The molecule has 0 spiro atoms. The Morgan fingerprint density at radius 3 is 2.78 bits per heavy atom. The molecule has 2 saturated heterocycles. The van der Waals surface area contributed by atoms with E-state index in [1.807, 2.05) is 0 Å². The molecule has 18 heavy (non-hydrogen) atoms. The van der Waals surface area contributed by atoms with Gasteiger partial charge in [-0.25, -0.2) is 0 Å². The number of carbonyl (C=O) groups is 3. The van der Waals surface area contributed by atoms with E-state index < -0.39 is 11.9 Å². The van der Waals surface area contributed by atoms with E-state index in [0.717, 1.165) is 12.8 Å². The zero-order chi connectivity index (χ0) is 13.1. The lowest BCUT2D eigenvalue weighted by Crippen LogP contribution is -2.44. The Bertz CT molecular complexity index is 370. The molecule has 0 radical (unpaired) electrons.